The van der Waals surface area contributed by atoms with Crippen LogP contribution in [0.25, 0.3) is 5.57 Å². The largest absolute Gasteiger partial charge is 0.0843 e. The second-order valence-electron chi connectivity index (χ2n) is 6.01. The van der Waals surface area contributed by atoms with Crippen LogP contribution in [0.5, 0.6) is 0 Å². The summed E-state index contributed by atoms with van der Waals surface area (Å²) in [5.41, 5.74) is 6.39. The Bertz CT molecular complexity index is 797. The standard InChI is InChI=1S/C23H21Cl/c1-18-10-12-19(13-11-18)6-5-9-23(20-7-3-2-4-8-20)21-14-16-22(24)17-15-21/h2-4,7-17H,5-6H2,1H3/b23-9+. The van der Waals surface area contributed by atoms with E-state index in [1.165, 1.54) is 27.8 Å². The number of allylic oxidation sites excluding steroid dienone is 1. The van der Waals surface area contributed by atoms with Gasteiger partial charge in [0, 0.05) is 5.02 Å². The van der Waals surface area contributed by atoms with E-state index in [0.29, 0.717) is 0 Å². The molecule has 3 rings (SSSR count). The molecule has 0 aliphatic carbocycles. The van der Waals surface area contributed by atoms with Crippen LogP contribution in [-0.4, -0.2) is 0 Å². The Hall–Kier alpha value is -2.31. The summed E-state index contributed by atoms with van der Waals surface area (Å²) in [5.74, 6) is 0. The lowest BCUT2D eigenvalue weighted by Gasteiger charge is -2.09. The van der Waals surface area contributed by atoms with Crippen molar-refractivity contribution in [1.29, 1.82) is 0 Å². The second-order valence-corrected chi connectivity index (χ2v) is 6.45. The molecule has 0 aromatic heterocycles. The van der Waals surface area contributed by atoms with E-state index in [1.807, 2.05) is 12.1 Å². The van der Waals surface area contributed by atoms with E-state index in [2.05, 4.69) is 79.7 Å². The maximum Gasteiger partial charge on any atom is 0.0406 e. The summed E-state index contributed by atoms with van der Waals surface area (Å²) >= 11 is 6.04. The van der Waals surface area contributed by atoms with E-state index in [4.69, 9.17) is 11.6 Å². The minimum Gasteiger partial charge on any atom is -0.0843 e. The van der Waals surface area contributed by atoms with E-state index in [9.17, 15) is 0 Å². The molecule has 3 aromatic carbocycles. The summed E-state index contributed by atoms with van der Waals surface area (Å²) in [4.78, 5) is 0. The topological polar surface area (TPSA) is 0 Å². The molecule has 0 spiro atoms. The molecule has 3 aromatic rings. The molecule has 0 aliphatic rings. The van der Waals surface area contributed by atoms with Gasteiger partial charge in [0.2, 0.25) is 0 Å². The van der Waals surface area contributed by atoms with Crippen LogP contribution in [0.15, 0.2) is 84.9 Å². The fourth-order valence-corrected chi connectivity index (χ4v) is 2.91. The van der Waals surface area contributed by atoms with Gasteiger partial charge in [0.25, 0.3) is 0 Å². The van der Waals surface area contributed by atoms with Crippen molar-refractivity contribution in [3.05, 3.63) is 112 Å². The molecule has 0 radical (unpaired) electrons. The van der Waals surface area contributed by atoms with E-state index >= 15 is 0 Å². The van der Waals surface area contributed by atoms with Crippen molar-refractivity contribution in [2.24, 2.45) is 0 Å². The molecule has 0 fully saturated rings. The average Bonchev–Trinajstić information content (AvgIpc) is 2.62. The molecule has 0 unspecified atom stereocenters. The number of aryl methyl sites for hydroxylation is 2. The van der Waals surface area contributed by atoms with E-state index in [0.717, 1.165) is 17.9 Å². The summed E-state index contributed by atoms with van der Waals surface area (Å²) in [6, 6.07) is 27.4. The highest BCUT2D eigenvalue weighted by atomic mass is 35.5. The lowest BCUT2D eigenvalue weighted by Crippen LogP contribution is -1.90. The van der Waals surface area contributed by atoms with Gasteiger partial charge in [-0.15, -0.1) is 0 Å². The highest BCUT2D eigenvalue weighted by molar-refractivity contribution is 6.30. The first-order valence-electron chi connectivity index (χ1n) is 8.29. The fraction of sp³-hybridized carbons (Fsp3) is 0.130. The monoisotopic (exact) mass is 332 g/mol. The molecule has 0 saturated heterocycles. The summed E-state index contributed by atoms with van der Waals surface area (Å²) < 4.78 is 0. The van der Waals surface area contributed by atoms with E-state index in [1.54, 1.807) is 0 Å². The minimum absolute atomic E-state index is 0.769. The van der Waals surface area contributed by atoms with Crippen molar-refractivity contribution in [2.75, 3.05) is 0 Å². The van der Waals surface area contributed by atoms with Gasteiger partial charge >= 0.3 is 0 Å². The molecular weight excluding hydrogens is 312 g/mol. The molecule has 24 heavy (non-hydrogen) atoms. The lowest BCUT2D eigenvalue weighted by molar-refractivity contribution is 1.00. The van der Waals surface area contributed by atoms with Crippen LogP contribution in [0.1, 0.15) is 28.7 Å². The van der Waals surface area contributed by atoms with Gasteiger partial charge in [-0.25, -0.2) is 0 Å². The summed E-state index contributed by atoms with van der Waals surface area (Å²) in [7, 11) is 0. The minimum atomic E-state index is 0.769. The molecular formula is C23H21Cl. The first-order chi connectivity index (χ1) is 11.7. The first-order valence-corrected chi connectivity index (χ1v) is 8.67. The van der Waals surface area contributed by atoms with E-state index < -0.39 is 0 Å². The third-order valence-electron chi connectivity index (χ3n) is 4.14. The second kappa shape index (κ2) is 7.99. The van der Waals surface area contributed by atoms with Crippen molar-refractivity contribution < 1.29 is 0 Å². The Balaban J connectivity index is 1.84. The smallest absolute Gasteiger partial charge is 0.0406 e. The van der Waals surface area contributed by atoms with Crippen molar-refractivity contribution in [3.63, 3.8) is 0 Å². The van der Waals surface area contributed by atoms with Gasteiger partial charge in [-0.3, -0.25) is 0 Å². The SMILES string of the molecule is Cc1ccc(CC/C=C(\c2ccccc2)c2ccc(Cl)cc2)cc1. The van der Waals surface area contributed by atoms with Gasteiger partial charge in [0.15, 0.2) is 0 Å². The molecule has 0 N–H and O–H groups in total. The molecule has 0 atom stereocenters. The van der Waals surface area contributed by atoms with Crippen molar-refractivity contribution in [1.82, 2.24) is 0 Å². The van der Waals surface area contributed by atoms with Gasteiger partial charge in [0.05, 0.1) is 0 Å². The van der Waals surface area contributed by atoms with Gasteiger partial charge in [0.1, 0.15) is 0 Å². The first kappa shape index (κ1) is 16.5. The van der Waals surface area contributed by atoms with Gasteiger partial charge in [-0.05, 0) is 54.2 Å². The maximum absolute atomic E-state index is 6.04. The third-order valence-corrected chi connectivity index (χ3v) is 4.39. The number of hydrogen-bond acceptors (Lipinski definition) is 0. The molecule has 0 aliphatic heterocycles. The van der Waals surface area contributed by atoms with Gasteiger partial charge in [-0.2, -0.15) is 0 Å². The molecule has 0 nitrogen and oxygen atoms in total. The Morgan fingerprint density at radius 2 is 1.42 bits per heavy atom. The molecule has 0 bridgehead atoms. The molecule has 0 heterocycles. The highest BCUT2D eigenvalue weighted by Crippen LogP contribution is 2.25. The number of hydrogen-bond donors (Lipinski definition) is 0. The Kier molecular flexibility index (Phi) is 5.51. The van der Waals surface area contributed by atoms with Crippen LogP contribution in [0, 0.1) is 6.92 Å². The predicted octanol–water partition coefficient (Wildman–Crippen LogP) is 6.71. The zero-order chi connectivity index (χ0) is 16.8. The van der Waals surface area contributed by atoms with E-state index in [-0.39, 0.29) is 0 Å². The number of halogens is 1. The van der Waals surface area contributed by atoms with Crippen LogP contribution in [0.3, 0.4) is 0 Å². The zero-order valence-corrected chi connectivity index (χ0v) is 14.6. The third kappa shape index (κ3) is 4.37. The van der Waals surface area contributed by atoms with Crippen LogP contribution < -0.4 is 0 Å². The summed E-state index contributed by atoms with van der Waals surface area (Å²) in [6.07, 6.45) is 4.39. The Morgan fingerprint density at radius 3 is 2.08 bits per heavy atom. The Labute approximate surface area is 149 Å². The van der Waals surface area contributed by atoms with Crippen LogP contribution >= 0.6 is 11.6 Å². The fourth-order valence-electron chi connectivity index (χ4n) is 2.79. The summed E-state index contributed by atoms with van der Waals surface area (Å²) in [5, 5.41) is 0.769. The van der Waals surface area contributed by atoms with Crippen LogP contribution in [0.2, 0.25) is 5.02 Å². The average molecular weight is 333 g/mol. The normalized spacial score (nSPS) is 11.5. The summed E-state index contributed by atoms with van der Waals surface area (Å²) in [6.45, 7) is 2.12. The quantitative estimate of drug-likeness (QED) is 0.487. The molecule has 1 heteroatoms. The van der Waals surface area contributed by atoms with Crippen LogP contribution in [-0.2, 0) is 6.42 Å². The molecule has 0 saturated carbocycles. The lowest BCUT2D eigenvalue weighted by atomic mass is 9.96. The highest BCUT2D eigenvalue weighted by Gasteiger charge is 2.04. The van der Waals surface area contributed by atoms with Crippen molar-refractivity contribution in [2.45, 2.75) is 19.8 Å². The molecule has 0 amide bonds. The zero-order valence-electron chi connectivity index (χ0n) is 13.9. The van der Waals surface area contributed by atoms with Crippen molar-refractivity contribution >= 4 is 17.2 Å². The van der Waals surface area contributed by atoms with Crippen molar-refractivity contribution in [3.8, 4) is 0 Å². The van der Waals surface area contributed by atoms with Gasteiger partial charge < -0.3 is 0 Å². The van der Waals surface area contributed by atoms with Crippen LogP contribution in [0.4, 0.5) is 0 Å². The Morgan fingerprint density at radius 1 is 0.792 bits per heavy atom. The van der Waals surface area contributed by atoms with Gasteiger partial charge in [-0.1, -0.05) is 90.0 Å². The number of benzene rings is 3. The molecule has 120 valence electrons. The predicted molar refractivity (Wildman–Crippen MR) is 104 cm³/mol. The maximum atomic E-state index is 6.04. The number of rotatable bonds is 5.